The average Bonchev–Trinajstić information content (AvgIpc) is 3.21. The zero-order valence-electron chi connectivity index (χ0n) is 15.2. The molecule has 3 aromatic heterocycles. The van der Waals surface area contributed by atoms with Gasteiger partial charge in [0.05, 0.1) is 5.69 Å². The molecule has 0 spiro atoms. The van der Waals surface area contributed by atoms with E-state index in [4.69, 9.17) is 11.6 Å². The van der Waals surface area contributed by atoms with Crippen molar-refractivity contribution in [3.05, 3.63) is 64.1 Å². The van der Waals surface area contributed by atoms with Crippen molar-refractivity contribution in [3.8, 4) is 5.82 Å². The molecule has 0 bridgehead atoms. The third-order valence-corrected chi connectivity index (χ3v) is 5.21. The van der Waals surface area contributed by atoms with Crippen LogP contribution in [0.5, 0.6) is 0 Å². The number of rotatable bonds is 2. The smallest absolute Gasteiger partial charge is 0.226 e. The van der Waals surface area contributed by atoms with Gasteiger partial charge in [-0.2, -0.15) is 14.3 Å². The summed E-state index contributed by atoms with van der Waals surface area (Å²) in [6.45, 7) is 3.77. The van der Waals surface area contributed by atoms with E-state index in [0.29, 0.717) is 34.6 Å². The molecule has 1 aromatic carbocycles. The van der Waals surface area contributed by atoms with Gasteiger partial charge in [0.25, 0.3) is 0 Å². The number of aryl methyl sites for hydroxylation is 2. The van der Waals surface area contributed by atoms with Crippen molar-refractivity contribution in [2.45, 2.75) is 26.2 Å². The number of anilines is 1. The van der Waals surface area contributed by atoms with Crippen molar-refractivity contribution in [2.24, 2.45) is 0 Å². The van der Waals surface area contributed by atoms with Gasteiger partial charge >= 0.3 is 0 Å². The van der Waals surface area contributed by atoms with Crippen LogP contribution in [0.25, 0.3) is 11.5 Å². The second kappa shape index (κ2) is 6.13. The summed E-state index contributed by atoms with van der Waals surface area (Å²) < 4.78 is 3.32. The van der Waals surface area contributed by atoms with Gasteiger partial charge in [0.15, 0.2) is 17.3 Å². The van der Waals surface area contributed by atoms with Crippen LogP contribution in [0.2, 0.25) is 5.02 Å². The molecule has 140 valence electrons. The maximum absolute atomic E-state index is 12.5. The Hall–Kier alpha value is -3.26. The van der Waals surface area contributed by atoms with Crippen molar-refractivity contribution < 1.29 is 4.79 Å². The number of nitrogens with one attached hydrogen (secondary N) is 1. The molecule has 1 atom stereocenters. The van der Waals surface area contributed by atoms with E-state index in [1.807, 2.05) is 50.2 Å². The first-order valence-electron chi connectivity index (χ1n) is 8.85. The molecule has 4 aromatic rings. The zero-order valence-corrected chi connectivity index (χ0v) is 16.0. The Morgan fingerprint density at radius 1 is 1.14 bits per heavy atom. The van der Waals surface area contributed by atoms with E-state index in [2.05, 4.69) is 25.7 Å². The van der Waals surface area contributed by atoms with E-state index in [1.54, 1.807) is 9.20 Å². The summed E-state index contributed by atoms with van der Waals surface area (Å²) >= 11 is 6.18. The summed E-state index contributed by atoms with van der Waals surface area (Å²) in [5.74, 6) is 1.70. The average molecular weight is 394 g/mol. The highest BCUT2D eigenvalue weighted by Crippen LogP contribution is 2.40. The third kappa shape index (κ3) is 2.56. The van der Waals surface area contributed by atoms with Crippen molar-refractivity contribution in [2.75, 3.05) is 5.32 Å². The van der Waals surface area contributed by atoms with E-state index < -0.39 is 0 Å². The third-order valence-electron chi connectivity index (χ3n) is 4.98. The first-order valence-corrected chi connectivity index (χ1v) is 9.23. The monoisotopic (exact) mass is 393 g/mol. The van der Waals surface area contributed by atoms with Gasteiger partial charge < -0.3 is 5.32 Å². The first kappa shape index (κ1) is 16.9. The van der Waals surface area contributed by atoms with Crippen LogP contribution in [0, 0.1) is 13.8 Å². The Morgan fingerprint density at radius 2 is 2.00 bits per heavy atom. The number of nitrogens with zero attached hydrogens (tertiary/aromatic N) is 6. The number of hydrogen-bond donors (Lipinski definition) is 1. The highest BCUT2D eigenvalue weighted by molar-refractivity contribution is 6.30. The number of amides is 1. The van der Waals surface area contributed by atoms with Gasteiger partial charge in [-0.1, -0.05) is 23.7 Å². The molecule has 5 rings (SSSR count). The number of hydrogen-bond acceptors (Lipinski definition) is 5. The molecule has 0 saturated carbocycles. The predicted octanol–water partition coefficient (Wildman–Crippen LogP) is 3.05. The van der Waals surface area contributed by atoms with Crippen LogP contribution in [0.1, 0.15) is 35.0 Å². The van der Waals surface area contributed by atoms with Gasteiger partial charge in [-0.15, -0.1) is 15.3 Å². The molecule has 4 heterocycles. The number of halogens is 1. The van der Waals surface area contributed by atoms with Gasteiger partial charge in [-0.25, -0.2) is 0 Å². The molecule has 1 amide bonds. The van der Waals surface area contributed by atoms with E-state index in [9.17, 15) is 4.79 Å². The molecule has 0 radical (unpaired) electrons. The summed E-state index contributed by atoms with van der Waals surface area (Å²) in [6, 6.07) is 11.2. The number of carbonyl (C=O) groups excluding carboxylic acids is 1. The van der Waals surface area contributed by atoms with E-state index >= 15 is 0 Å². The van der Waals surface area contributed by atoms with E-state index in [-0.39, 0.29) is 11.8 Å². The molecule has 1 aliphatic rings. The predicted molar refractivity (Wildman–Crippen MR) is 104 cm³/mol. The summed E-state index contributed by atoms with van der Waals surface area (Å²) in [6.07, 6.45) is 0.344. The van der Waals surface area contributed by atoms with Crippen molar-refractivity contribution >= 4 is 29.0 Å². The zero-order chi connectivity index (χ0) is 19.4. The minimum atomic E-state index is -0.114. The quantitative estimate of drug-likeness (QED) is 0.565. The van der Waals surface area contributed by atoms with Crippen LogP contribution < -0.4 is 5.32 Å². The molecule has 0 aliphatic carbocycles. The van der Waals surface area contributed by atoms with Crippen LogP contribution in [-0.2, 0) is 4.79 Å². The fourth-order valence-electron chi connectivity index (χ4n) is 3.72. The van der Waals surface area contributed by atoms with Crippen molar-refractivity contribution in [3.63, 3.8) is 0 Å². The number of aromatic nitrogens is 6. The van der Waals surface area contributed by atoms with E-state index in [0.717, 1.165) is 16.8 Å². The fourth-order valence-corrected chi connectivity index (χ4v) is 3.92. The second-order valence-electron chi connectivity index (χ2n) is 6.83. The Labute approximate surface area is 165 Å². The maximum Gasteiger partial charge on any atom is 0.226 e. The minimum absolute atomic E-state index is 0.0693. The van der Waals surface area contributed by atoms with Crippen LogP contribution in [0.3, 0.4) is 0 Å². The summed E-state index contributed by atoms with van der Waals surface area (Å²) in [4.78, 5) is 12.5. The second-order valence-corrected chi connectivity index (χ2v) is 7.26. The molecule has 8 nitrogen and oxygen atoms in total. The largest absolute Gasteiger partial charge is 0.310 e. The molecule has 0 unspecified atom stereocenters. The highest BCUT2D eigenvalue weighted by Gasteiger charge is 2.33. The Kier molecular flexibility index (Phi) is 3.70. The molecule has 1 N–H and O–H groups in total. The lowest BCUT2D eigenvalue weighted by Crippen LogP contribution is -2.25. The lowest BCUT2D eigenvalue weighted by atomic mass is 9.86. The number of benzene rings is 1. The Morgan fingerprint density at radius 3 is 2.82 bits per heavy atom. The van der Waals surface area contributed by atoms with Crippen LogP contribution >= 0.6 is 11.6 Å². The molecular weight excluding hydrogens is 378 g/mol. The normalized spacial score (nSPS) is 16.2. The molecular formula is C19H16ClN7O. The highest BCUT2D eigenvalue weighted by atomic mass is 35.5. The number of fused-ring (bicyclic) bond motifs is 2. The van der Waals surface area contributed by atoms with Crippen LogP contribution in [-0.4, -0.2) is 35.5 Å². The minimum Gasteiger partial charge on any atom is -0.310 e. The topological polar surface area (TPSA) is 90.0 Å². The molecule has 0 saturated heterocycles. The van der Waals surface area contributed by atoms with Gasteiger partial charge in [0, 0.05) is 22.9 Å². The lowest BCUT2D eigenvalue weighted by molar-refractivity contribution is -0.116. The molecule has 9 heteroatoms. The molecule has 0 fully saturated rings. The van der Waals surface area contributed by atoms with Gasteiger partial charge in [-0.05, 0) is 43.7 Å². The van der Waals surface area contributed by atoms with E-state index in [1.165, 1.54) is 0 Å². The standard InChI is InChI=1S/C19H16ClN7O/c1-10-18-14(12-4-3-5-13(20)8-12)9-17(28)21-19(18)27(24-10)16-7-6-15-23-22-11(2)26(15)25-16/h3-8,14H,9H2,1-2H3,(H,21,28)/t14-/m0/s1. The van der Waals surface area contributed by atoms with Crippen molar-refractivity contribution in [1.82, 2.24) is 29.6 Å². The van der Waals surface area contributed by atoms with Crippen LogP contribution in [0.4, 0.5) is 5.82 Å². The lowest BCUT2D eigenvalue weighted by Gasteiger charge is -2.24. The van der Waals surface area contributed by atoms with Crippen molar-refractivity contribution in [1.29, 1.82) is 0 Å². The van der Waals surface area contributed by atoms with Gasteiger partial charge in [0.1, 0.15) is 5.82 Å². The SMILES string of the molecule is Cc1nn(-c2ccc3nnc(C)n3n2)c2c1[C@H](c1cccc(Cl)c1)CC(=O)N2. The first-order chi connectivity index (χ1) is 13.5. The summed E-state index contributed by atoms with van der Waals surface area (Å²) in [5.41, 5.74) is 3.45. The molecule has 1 aliphatic heterocycles. The van der Waals surface area contributed by atoms with Gasteiger partial charge in [0.2, 0.25) is 5.91 Å². The Balaban J connectivity index is 1.69. The Bertz CT molecular complexity index is 1240. The van der Waals surface area contributed by atoms with Crippen LogP contribution in [0.15, 0.2) is 36.4 Å². The maximum atomic E-state index is 12.5. The fraction of sp³-hybridized carbons (Fsp3) is 0.211. The molecule has 28 heavy (non-hydrogen) atoms. The number of carbonyl (C=O) groups is 1. The summed E-state index contributed by atoms with van der Waals surface area (Å²) in [5, 5.41) is 21.0. The summed E-state index contributed by atoms with van der Waals surface area (Å²) in [7, 11) is 0. The van der Waals surface area contributed by atoms with Gasteiger partial charge in [-0.3, -0.25) is 4.79 Å².